The van der Waals surface area contributed by atoms with Crippen LogP contribution in [0.4, 0.5) is 5.69 Å². The number of benzene rings is 1. The first-order chi connectivity index (χ1) is 7.27. The second-order valence-corrected chi connectivity index (χ2v) is 4.41. The van der Waals surface area contributed by atoms with Gasteiger partial charge in [-0.2, -0.15) is 11.8 Å². The Morgan fingerprint density at radius 2 is 2.20 bits per heavy atom. The fourth-order valence-corrected chi connectivity index (χ4v) is 1.74. The molecule has 0 radical (unpaired) electrons. The summed E-state index contributed by atoms with van der Waals surface area (Å²) in [5.41, 5.74) is 7.88. The molecule has 0 spiro atoms. The minimum absolute atomic E-state index is 0.747. The zero-order chi connectivity index (χ0) is 11.1. The van der Waals surface area contributed by atoms with Gasteiger partial charge < -0.3 is 10.5 Å². The molecule has 1 rings (SSSR count). The van der Waals surface area contributed by atoms with Gasteiger partial charge in [-0.25, -0.2) is 0 Å². The number of ether oxygens (including phenoxy) is 1. The van der Waals surface area contributed by atoms with Crippen LogP contribution in [-0.4, -0.2) is 18.6 Å². The Kier molecular flexibility index (Phi) is 5.40. The van der Waals surface area contributed by atoms with E-state index in [1.165, 1.54) is 5.56 Å². The number of hydrogen-bond donors (Lipinski definition) is 1. The Labute approximate surface area is 96.2 Å². The van der Waals surface area contributed by atoms with Crippen LogP contribution in [0.5, 0.6) is 5.75 Å². The molecule has 0 heterocycles. The maximum absolute atomic E-state index is 5.88. The SMILES string of the molecule is CCc1ccc(OCCCSC)c(N)c1. The van der Waals surface area contributed by atoms with Gasteiger partial charge >= 0.3 is 0 Å². The normalized spacial score (nSPS) is 10.3. The first-order valence-corrected chi connectivity index (χ1v) is 6.67. The van der Waals surface area contributed by atoms with Crippen LogP contribution in [-0.2, 0) is 6.42 Å². The molecule has 0 aliphatic rings. The lowest BCUT2D eigenvalue weighted by atomic mass is 10.1. The van der Waals surface area contributed by atoms with Crippen molar-refractivity contribution in [1.29, 1.82) is 0 Å². The second kappa shape index (κ2) is 6.62. The van der Waals surface area contributed by atoms with Crippen LogP contribution in [0.25, 0.3) is 0 Å². The first kappa shape index (κ1) is 12.2. The molecule has 0 unspecified atom stereocenters. The van der Waals surface area contributed by atoms with E-state index in [0.717, 1.165) is 36.6 Å². The van der Waals surface area contributed by atoms with E-state index in [0.29, 0.717) is 0 Å². The molecule has 2 nitrogen and oxygen atoms in total. The van der Waals surface area contributed by atoms with Crippen LogP contribution in [0.2, 0.25) is 0 Å². The Morgan fingerprint density at radius 3 is 2.80 bits per heavy atom. The predicted molar refractivity (Wildman–Crippen MR) is 68.7 cm³/mol. The van der Waals surface area contributed by atoms with Gasteiger partial charge in [-0.05, 0) is 42.5 Å². The van der Waals surface area contributed by atoms with Gasteiger partial charge in [0.1, 0.15) is 5.75 Å². The van der Waals surface area contributed by atoms with Gasteiger partial charge in [0.15, 0.2) is 0 Å². The predicted octanol–water partition coefficient (Wildman–Crippen LogP) is 2.96. The van der Waals surface area contributed by atoms with Crippen molar-refractivity contribution in [3.05, 3.63) is 23.8 Å². The molecule has 0 aromatic heterocycles. The van der Waals surface area contributed by atoms with E-state index >= 15 is 0 Å². The molecular formula is C12H19NOS. The maximum Gasteiger partial charge on any atom is 0.142 e. The zero-order valence-corrected chi connectivity index (χ0v) is 10.3. The summed E-state index contributed by atoms with van der Waals surface area (Å²) in [4.78, 5) is 0. The first-order valence-electron chi connectivity index (χ1n) is 5.28. The topological polar surface area (TPSA) is 35.2 Å². The average molecular weight is 225 g/mol. The Hall–Kier alpha value is -0.830. The van der Waals surface area contributed by atoms with Crippen molar-refractivity contribution in [3.63, 3.8) is 0 Å². The monoisotopic (exact) mass is 225 g/mol. The molecule has 0 atom stereocenters. The Morgan fingerprint density at radius 1 is 1.40 bits per heavy atom. The van der Waals surface area contributed by atoms with E-state index in [4.69, 9.17) is 10.5 Å². The minimum atomic E-state index is 0.747. The minimum Gasteiger partial charge on any atom is -0.491 e. The van der Waals surface area contributed by atoms with Crippen molar-refractivity contribution in [3.8, 4) is 5.75 Å². The average Bonchev–Trinajstić information content (AvgIpc) is 2.26. The molecular weight excluding hydrogens is 206 g/mol. The van der Waals surface area contributed by atoms with Crippen molar-refractivity contribution >= 4 is 17.4 Å². The molecule has 2 N–H and O–H groups in total. The fraction of sp³-hybridized carbons (Fsp3) is 0.500. The van der Waals surface area contributed by atoms with Gasteiger partial charge in [-0.1, -0.05) is 13.0 Å². The van der Waals surface area contributed by atoms with E-state index < -0.39 is 0 Å². The number of anilines is 1. The molecule has 1 aromatic carbocycles. The molecule has 3 heteroatoms. The van der Waals surface area contributed by atoms with Gasteiger partial charge in [-0.3, -0.25) is 0 Å². The Bertz CT molecular complexity index is 302. The summed E-state index contributed by atoms with van der Waals surface area (Å²) >= 11 is 1.84. The smallest absolute Gasteiger partial charge is 0.142 e. The van der Waals surface area contributed by atoms with Gasteiger partial charge in [0.2, 0.25) is 0 Å². The van der Waals surface area contributed by atoms with Crippen LogP contribution >= 0.6 is 11.8 Å². The van der Waals surface area contributed by atoms with Crippen LogP contribution < -0.4 is 10.5 Å². The number of thioether (sulfide) groups is 1. The molecule has 1 aromatic rings. The maximum atomic E-state index is 5.88. The van der Waals surface area contributed by atoms with Crippen molar-refractivity contribution in [2.24, 2.45) is 0 Å². The molecule has 0 saturated heterocycles. The highest BCUT2D eigenvalue weighted by atomic mass is 32.2. The molecule has 15 heavy (non-hydrogen) atoms. The van der Waals surface area contributed by atoms with E-state index in [2.05, 4.69) is 19.2 Å². The lowest BCUT2D eigenvalue weighted by Crippen LogP contribution is -2.01. The van der Waals surface area contributed by atoms with Gasteiger partial charge in [-0.15, -0.1) is 0 Å². The number of hydrogen-bond acceptors (Lipinski definition) is 3. The van der Waals surface area contributed by atoms with E-state index in [9.17, 15) is 0 Å². The largest absolute Gasteiger partial charge is 0.491 e. The fourth-order valence-electron chi connectivity index (χ4n) is 1.33. The third-order valence-corrected chi connectivity index (χ3v) is 2.93. The van der Waals surface area contributed by atoms with Crippen molar-refractivity contribution in [2.75, 3.05) is 24.3 Å². The van der Waals surface area contributed by atoms with Gasteiger partial charge in [0.25, 0.3) is 0 Å². The van der Waals surface area contributed by atoms with E-state index in [1.807, 2.05) is 23.9 Å². The summed E-state index contributed by atoms with van der Waals surface area (Å²) in [7, 11) is 0. The zero-order valence-electron chi connectivity index (χ0n) is 9.45. The molecule has 0 aliphatic carbocycles. The van der Waals surface area contributed by atoms with Crippen molar-refractivity contribution < 1.29 is 4.74 Å². The number of nitrogens with two attached hydrogens (primary N) is 1. The van der Waals surface area contributed by atoms with Crippen molar-refractivity contribution in [1.82, 2.24) is 0 Å². The van der Waals surface area contributed by atoms with Gasteiger partial charge in [0.05, 0.1) is 12.3 Å². The third kappa shape index (κ3) is 4.04. The molecule has 0 amide bonds. The summed E-state index contributed by atoms with van der Waals surface area (Å²) < 4.78 is 5.60. The van der Waals surface area contributed by atoms with Crippen molar-refractivity contribution in [2.45, 2.75) is 19.8 Å². The highest BCUT2D eigenvalue weighted by Gasteiger charge is 2.00. The molecule has 0 bridgehead atoms. The highest BCUT2D eigenvalue weighted by Crippen LogP contribution is 2.22. The summed E-state index contributed by atoms with van der Waals surface area (Å²) in [6, 6.07) is 6.03. The highest BCUT2D eigenvalue weighted by molar-refractivity contribution is 7.98. The molecule has 84 valence electrons. The Balaban J connectivity index is 2.47. The molecule has 0 fully saturated rings. The summed E-state index contributed by atoms with van der Waals surface area (Å²) in [5.74, 6) is 1.95. The van der Waals surface area contributed by atoms with E-state index in [-0.39, 0.29) is 0 Å². The van der Waals surface area contributed by atoms with Crippen LogP contribution in [0, 0.1) is 0 Å². The van der Waals surface area contributed by atoms with Gasteiger partial charge in [0, 0.05) is 0 Å². The second-order valence-electron chi connectivity index (χ2n) is 3.42. The number of aryl methyl sites for hydroxylation is 1. The standard InChI is InChI=1S/C12H19NOS/c1-3-10-5-6-12(11(13)9-10)14-7-4-8-15-2/h5-6,9H,3-4,7-8,13H2,1-2H3. The summed E-state index contributed by atoms with van der Waals surface area (Å²) in [6.07, 6.45) is 4.18. The quantitative estimate of drug-likeness (QED) is 0.597. The van der Waals surface area contributed by atoms with Crippen LogP contribution in [0.1, 0.15) is 18.9 Å². The molecule has 0 aliphatic heterocycles. The lowest BCUT2D eigenvalue weighted by Gasteiger charge is -2.09. The van der Waals surface area contributed by atoms with Crippen LogP contribution in [0.3, 0.4) is 0 Å². The number of nitrogen functional groups attached to an aromatic ring is 1. The van der Waals surface area contributed by atoms with E-state index in [1.54, 1.807) is 0 Å². The van der Waals surface area contributed by atoms with Crippen LogP contribution in [0.15, 0.2) is 18.2 Å². The lowest BCUT2D eigenvalue weighted by molar-refractivity contribution is 0.320. The number of rotatable bonds is 6. The summed E-state index contributed by atoms with van der Waals surface area (Å²) in [5, 5.41) is 0. The summed E-state index contributed by atoms with van der Waals surface area (Å²) in [6.45, 7) is 2.87. The molecule has 0 saturated carbocycles. The third-order valence-electron chi connectivity index (χ3n) is 2.23.